The molecule has 0 bridgehead atoms. The fourth-order valence-electron chi connectivity index (χ4n) is 3.20. The highest BCUT2D eigenvalue weighted by molar-refractivity contribution is 5.82. The zero-order valence-corrected chi connectivity index (χ0v) is 11.7. The van der Waals surface area contributed by atoms with Crippen molar-refractivity contribution >= 4 is 10.8 Å². The van der Waals surface area contributed by atoms with E-state index in [4.69, 9.17) is 0 Å². The first-order chi connectivity index (χ1) is 9.31. The van der Waals surface area contributed by atoms with Crippen LogP contribution in [0, 0.1) is 0 Å². The molecule has 0 spiro atoms. The van der Waals surface area contributed by atoms with Crippen LogP contribution in [-0.2, 0) is 6.42 Å². The van der Waals surface area contributed by atoms with Crippen LogP contribution in [0.2, 0.25) is 0 Å². The Balaban J connectivity index is 1.64. The highest BCUT2D eigenvalue weighted by atomic mass is 15.0. The minimum atomic E-state index is 0.704. The number of benzene rings is 2. The molecule has 1 N–H and O–H groups in total. The second-order valence-corrected chi connectivity index (χ2v) is 5.92. The molecule has 1 heterocycles. The lowest BCUT2D eigenvalue weighted by atomic mass is 9.94. The molecule has 1 heteroatoms. The Bertz CT molecular complexity index is 546. The first-order valence-electron chi connectivity index (χ1n) is 7.55. The molecule has 2 unspecified atom stereocenters. The Morgan fingerprint density at radius 2 is 1.89 bits per heavy atom. The third-order valence-corrected chi connectivity index (χ3v) is 4.31. The van der Waals surface area contributed by atoms with E-state index in [2.05, 4.69) is 54.7 Å². The molecule has 1 aliphatic rings. The molecule has 3 rings (SSSR count). The third-order valence-electron chi connectivity index (χ3n) is 4.31. The smallest absolute Gasteiger partial charge is 0.00727 e. The largest absolute Gasteiger partial charge is 0.311 e. The van der Waals surface area contributed by atoms with Crippen molar-refractivity contribution in [2.24, 2.45) is 0 Å². The van der Waals surface area contributed by atoms with Gasteiger partial charge in [0.15, 0.2) is 0 Å². The van der Waals surface area contributed by atoms with Crippen LogP contribution in [0.3, 0.4) is 0 Å². The molecule has 0 aromatic heterocycles. The molecule has 0 saturated carbocycles. The van der Waals surface area contributed by atoms with Gasteiger partial charge in [0.25, 0.3) is 0 Å². The van der Waals surface area contributed by atoms with Crippen LogP contribution in [0.15, 0.2) is 42.5 Å². The molecule has 1 aliphatic heterocycles. The summed E-state index contributed by atoms with van der Waals surface area (Å²) in [7, 11) is 0. The Morgan fingerprint density at radius 1 is 1.05 bits per heavy atom. The van der Waals surface area contributed by atoms with Gasteiger partial charge in [-0.25, -0.2) is 0 Å². The van der Waals surface area contributed by atoms with Gasteiger partial charge in [-0.3, -0.25) is 0 Å². The first kappa shape index (κ1) is 12.7. The Labute approximate surface area is 116 Å². The maximum Gasteiger partial charge on any atom is 0.00727 e. The summed E-state index contributed by atoms with van der Waals surface area (Å²) in [6.45, 7) is 2.31. The van der Waals surface area contributed by atoms with Gasteiger partial charge >= 0.3 is 0 Å². The second-order valence-electron chi connectivity index (χ2n) is 5.92. The van der Waals surface area contributed by atoms with Crippen LogP contribution >= 0.6 is 0 Å². The quantitative estimate of drug-likeness (QED) is 0.859. The molecule has 1 fully saturated rings. The lowest BCUT2D eigenvalue weighted by Crippen LogP contribution is -2.40. The molecule has 0 radical (unpaired) electrons. The summed E-state index contributed by atoms with van der Waals surface area (Å²) in [5.41, 5.74) is 1.47. The van der Waals surface area contributed by atoms with Crippen molar-refractivity contribution in [3.8, 4) is 0 Å². The highest BCUT2D eigenvalue weighted by Crippen LogP contribution is 2.19. The summed E-state index contributed by atoms with van der Waals surface area (Å²) in [6.07, 6.45) is 6.53. The minimum Gasteiger partial charge on any atom is -0.311 e. The van der Waals surface area contributed by atoms with Gasteiger partial charge in [-0.05, 0) is 48.9 Å². The van der Waals surface area contributed by atoms with Gasteiger partial charge in [0.1, 0.15) is 0 Å². The Hall–Kier alpha value is -1.34. The summed E-state index contributed by atoms with van der Waals surface area (Å²) in [5, 5.41) is 6.43. The van der Waals surface area contributed by atoms with Gasteiger partial charge in [0.05, 0.1) is 0 Å². The summed E-state index contributed by atoms with van der Waals surface area (Å²) in [6, 6.07) is 16.9. The van der Waals surface area contributed by atoms with E-state index in [0.29, 0.717) is 6.04 Å². The standard InChI is InChI=1S/C18H23N/c1-14-5-4-8-18(19-14)12-10-15-9-11-16-6-2-3-7-17(16)13-15/h2-3,6-7,9,11,13-14,18-19H,4-5,8,10,12H2,1H3. The Morgan fingerprint density at radius 3 is 2.74 bits per heavy atom. The lowest BCUT2D eigenvalue weighted by molar-refractivity contribution is 0.322. The molecule has 0 aliphatic carbocycles. The SMILES string of the molecule is CC1CCCC(CCc2ccc3ccccc3c2)N1. The average molecular weight is 253 g/mol. The molecule has 1 saturated heterocycles. The van der Waals surface area contributed by atoms with Crippen molar-refractivity contribution in [3.63, 3.8) is 0 Å². The maximum absolute atomic E-state index is 3.72. The van der Waals surface area contributed by atoms with E-state index in [-0.39, 0.29) is 0 Å². The number of aryl methyl sites for hydroxylation is 1. The van der Waals surface area contributed by atoms with E-state index < -0.39 is 0 Å². The fraction of sp³-hybridized carbons (Fsp3) is 0.444. The van der Waals surface area contributed by atoms with E-state index >= 15 is 0 Å². The summed E-state index contributed by atoms with van der Waals surface area (Å²) < 4.78 is 0. The Kier molecular flexibility index (Phi) is 3.84. The van der Waals surface area contributed by atoms with Crippen molar-refractivity contribution in [1.29, 1.82) is 0 Å². The zero-order chi connectivity index (χ0) is 13.1. The number of piperidine rings is 1. The highest BCUT2D eigenvalue weighted by Gasteiger charge is 2.17. The van der Waals surface area contributed by atoms with Crippen molar-refractivity contribution in [2.75, 3.05) is 0 Å². The van der Waals surface area contributed by atoms with E-state index in [9.17, 15) is 0 Å². The molecule has 2 aromatic carbocycles. The second kappa shape index (κ2) is 5.75. The van der Waals surface area contributed by atoms with E-state index in [0.717, 1.165) is 6.04 Å². The van der Waals surface area contributed by atoms with E-state index in [1.807, 2.05) is 0 Å². The predicted octanol–water partition coefficient (Wildman–Crippen LogP) is 4.30. The monoisotopic (exact) mass is 253 g/mol. The minimum absolute atomic E-state index is 0.704. The number of fused-ring (bicyclic) bond motifs is 1. The third kappa shape index (κ3) is 3.16. The van der Waals surface area contributed by atoms with Gasteiger partial charge < -0.3 is 5.32 Å². The average Bonchev–Trinajstić information content (AvgIpc) is 2.45. The molecule has 0 amide bonds. The molecular formula is C18H23N. The van der Waals surface area contributed by atoms with Crippen molar-refractivity contribution in [3.05, 3.63) is 48.0 Å². The van der Waals surface area contributed by atoms with Gasteiger partial charge in [-0.15, -0.1) is 0 Å². The van der Waals surface area contributed by atoms with Crippen LogP contribution in [0.25, 0.3) is 10.8 Å². The van der Waals surface area contributed by atoms with Crippen molar-refractivity contribution in [1.82, 2.24) is 5.32 Å². The van der Waals surface area contributed by atoms with Crippen LogP contribution in [-0.4, -0.2) is 12.1 Å². The summed E-state index contributed by atoms with van der Waals surface area (Å²) in [5.74, 6) is 0. The van der Waals surface area contributed by atoms with Gasteiger partial charge in [0.2, 0.25) is 0 Å². The molecule has 2 aromatic rings. The van der Waals surface area contributed by atoms with Crippen LogP contribution in [0.4, 0.5) is 0 Å². The van der Waals surface area contributed by atoms with Crippen LogP contribution in [0.5, 0.6) is 0 Å². The first-order valence-corrected chi connectivity index (χ1v) is 7.55. The number of rotatable bonds is 3. The predicted molar refractivity (Wildman–Crippen MR) is 82.5 cm³/mol. The lowest BCUT2D eigenvalue weighted by Gasteiger charge is -2.28. The van der Waals surface area contributed by atoms with Crippen LogP contribution < -0.4 is 5.32 Å². The molecular weight excluding hydrogens is 230 g/mol. The van der Waals surface area contributed by atoms with Crippen molar-refractivity contribution < 1.29 is 0 Å². The van der Waals surface area contributed by atoms with Crippen LogP contribution in [0.1, 0.15) is 38.2 Å². The van der Waals surface area contributed by atoms with E-state index in [1.54, 1.807) is 0 Å². The number of hydrogen-bond acceptors (Lipinski definition) is 1. The number of nitrogens with one attached hydrogen (secondary N) is 1. The molecule has 100 valence electrons. The van der Waals surface area contributed by atoms with Gasteiger partial charge in [0, 0.05) is 12.1 Å². The van der Waals surface area contributed by atoms with E-state index in [1.165, 1.54) is 48.4 Å². The maximum atomic E-state index is 3.72. The summed E-state index contributed by atoms with van der Waals surface area (Å²) >= 11 is 0. The fourth-order valence-corrected chi connectivity index (χ4v) is 3.20. The molecule has 19 heavy (non-hydrogen) atoms. The normalized spacial score (nSPS) is 23.6. The van der Waals surface area contributed by atoms with Crippen molar-refractivity contribution in [2.45, 2.75) is 51.1 Å². The number of hydrogen-bond donors (Lipinski definition) is 1. The van der Waals surface area contributed by atoms with Gasteiger partial charge in [-0.1, -0.05) is 48.9 Å². The summed E-state index contributed by atoms with van der Waals surface area (Å²) in [4.78, 5) is 0. The zero-order valence-electron chi connectivity index (χ0n) is 11.7. The molecule has 1 nitrogen and oxygen atoms in total. The topological polar surface area (TPSA) is 12.0 Å². The van der Waals surface area contributed by atoms with Gasteiger partial charge in [-0.2, -0.15) is 0 Å². The molecule has 2 atom stereocenters.